The van der Waals surface area contributed by atoms with Gasteiger partial charge >= 0.3 is 6.18 Å². The summed E-state index contributed by atoms with van der Waals surface area (Å²) in [6.07, 6.45) is -4.84. The highest BCUT2D eigenvalue weighted by Crippen LogP contribution is 2.33. The molecule has 0 fully saturated rings. The SMILES string of the molecule is O=C(CCNc1cc(C(F)(F)F)ccc1Cl)Nc1ccc(F)c(F)c1F. The fourth-order valence-electron chi connectivity index (χ4n) is 1.98. The van der Waals surface area contributed by atoms with E-state index in [0.29, 0.717) is 6.07 Å². The molecule has 10 heteroatoms. The van der Waals surface area contributed by atoms with Gasteiger partial charge in [0.15, 0.2) is 17.5 Å². The maximum atomic E-state index is 13.4. The molecular weight excluding hydrogens is 386 g/mol. The minimum absolute atomic E-state index is 0.0186. The van der Waals surface area contributed by atoms with Gasteiger partial charge in [0.2, 0.25) is 5.91 Å². The standard InChI is InChI=1S/C16H11ClF6N2O/c17-9-2-1-8(16(21,22)23)7-12(9)24-6-5-13(26)25-11-4-3-10(18)14(19)15(11)20/h1-4,7,24H,5-6H2,(H,25,26). The summed E-state index contributed by atoms with van der Waals surface area (Å²) in [6.45, 7) is -0.127. The third-order valence-corrected chi connectivity index (χ3v) is 3.60. The van der Waals surface area contributed by atoms with Crippen LogP contribution in [0.5, 0.6) is 0 Å². The zero-order chi connectivity index (χ0) is 19.5. The van der Waals surface area contributed by atoms with Crippen LogP contribution in [0.4, 0.5) is 37.7 Å². The Morgan fingerprint density at radius 2 is 1.69 bits per heavy atom. The molecule has 3 nitrogen and oxygen atoms in total. The first-order valence-corrected chi connectivity index (χ1v) is 7.51. The Hall–Kier alpha value is -2.42. The molecule has 0 aromatic heterocycles. The minimum Gasteiger partial charge on any atom is -0.383 e. The third kappa shape index (κ3) is 4.81. The fourth-order valence-corrected chi connectivity index (χ4v) is 2.17. The molecule has 0 atom stereocenters. The van der Waals surface area contributed by atoms with Crippen LogP contribution < -0.4 is 10.6 Å². The largest absolute Gasteiger partial charge is 0.416 e. The van der Waals surface area contributed by atoms with Gasteiger partial charge in [-0.2, -0.15) is 13.2 Å². The maximum Gasteiger partial charge on any atom is 0.416 e. The second-order valence-corrected chi connectivity index (χ2v) is 5.55. The van der Waals surface area contributed by atoms with Crippen molar-refractivity contribution in [1.29, 1.82) is 0 Å². The van der Waals surface area contributed by atoms with Crippen molar-refractivity contribution in [3.63, 3.8) is 0 Å². The molecular formula is C16H11ClF6N2O. The number of carbonyl (C=O) groups is 1. The quantitative estimate of drug-likeness (QED) is 0.537. The molecule has 2 rings (SSSR count). The number of alkyl halides is 3. The number of anilines is 2. The van der Waals surface area contributed by atoms with Crippen LogP contribution in [0, 0.1) is 17.5 Å². The highest BCUT2D eigenvalue weighted by Gasteiger charge is 2.30. The highest BCUT2D eigenvalue weighted by molar-refractivity contribution is 6.33. The van der Waals surface area contributed by atoms with Gasteiger partial charge in [-0.25, -0.2) is 13.2 Å². The van der Waals surface area contributed by atoms with Gasteiger partial charge in [0.1, 0.15) is 0 Å². The van der Waals surface area contributed by atoms with E-state index in [2.05, 4.69) is 5.32 Å². The Kier molecular flexibility index (Phi) is 6.01. The van der Waals surface area contributed by atoms with Crippen LogP contribution in [0.25, 0.3) is 0 Å². The van der Waals surface area contributed by atoms with Gasteiger partial charge in [0.05, 0.1) is 22.0 Å². The number of amides is 1. The zero-order valence-electron chi connectivity index (χ0n) is 12.9. The summed E-state index contributed by atoms with van der Waals surface area (Å²) in [4.78, 5) is 11.7. The van der Waals surface area contributed by atoms with Crippen LogP contribution in [0.2, 0.25) is 5.02 Å². The van der Waals surface area contributed by atoms with Crippen LogP contribution in [-0.2, 0) is 11.0 Å². The van der Waals surface area contributed by atoms with Gasteiger partial charge in [-0.05, 0) is 30.3 Å². The van der Waals surface area contributed by atoms with Gasteiger partial charge in [0.25, 0.3) is 0 Å². The smallest absolute Gasteiger partial charge is 0.383 e. The summed E-state index contributed by atoms with van der Waals surface area (Å²) in [5, 5.41) is 4.62. The Bertz CT molecular complexity index is 825. The number of hydrogen-bond acceptors (Lipinski definition) is 2. The normalized spacial score (nSPS) is 11.3. The number of benzene rings is 2. The van der Waals surface area contributed by atoms with Gasteiger partial charge in [-0.3, -0.25) is 4.79 Å². The van der Waals surface area contributed by atoms with E-state index in [9.17, 15) is 31.1 Å². The highest BCUT2D eigenvalue weighted by atomic mass is 35.5. The number of halogens is 7. The summed E-state index contributed by atoms with van der Waals surface area (Å²) in [5.41, 5.74) is -1.50. The van der Waals surface area contributed by atoms with E-state index in [-0.39, 0.29) is 23.7 Å². The Morgan fingerprint density at radius 1 is 1.00 bits per heavy atom. The van der Waals surface area contributed by atoms with Crippen LogP contribution in [0.3, 0.4) is 0 Å². The lowest BCUT2D eigenvalue weighted by molar-refractivity contribution is -0.137. The zero-order valence-corrected chi connectivity index (χ0v) is 13.6. The van der Waals surface area contributed by atoms with Crippen molar-refractivity contribution >= 4 is 28.9 Å². The minimum atomic E-state index is -4.55. The van der Waals surface area contributed by atoms with Crippen LogP contribution in [0.1, 0.15) is 12.0 Å². The first kappa shape index (κ1) is 19.9. The second-order valence-electron chi connectivity index (χ2n) is 5.14. The molecule has 0 aliphatic carbocycles. The van der Waals surface area contributed by atoms with Crippen LogP contribution in [0.15, 0.2) is 30.3 Å². The number of hydrogen-bond donors (Lipinski definition) is 2. The molecule has 0 aliphatic heterocycles. The van der Waals surface area contributed by atoms with E-state index < -0.39 is 40.8 Å². The van der Waals surface area contributed by atoms with Crippen LogP contribution >= 0.6 is 11.6 Å². The lowest BCUT2D eigenvalue weighted by Gasteiger charge is -2.12. The van der Waals surface area contributed by atoms with Gasteiger partial charge < -0.3 is 10.6 Å². The van der Waals surface area contributed by atoms with Crippen LogP contribution in [-0.4, -0.2) is 12.5 Å². The molecule has 140 valence electrons. The van der Waals surface area contributed by atoms with Gasteiger partial charge in [-0.1, -0.05) is 11.6 Å². The average Bonchev–Trinajstić information content (AvgIpc) is 2.56. The molecule has 2 N–H and O–H groups in total. The number of rotatable bonds is 5. The molecule has 1 amide bonds. The molecule has 0 saturated carbocycles. The molecule has 0 spiro atoms. The predicted molar refractivity (Wildman–Crippen MR) is 84.5 cm³/mol. The summed E-state index contributed by atoms with van der Waals surface area (Å²) in [6, 6.07) is 4.15. The predicted octanol–water partition coefficient (Wildman–Crippen LogP) is 5.22. The van der Waals surface area contributed by atoms with Crippen molar-refractivity contribution in [3.8, 4) is 0 Å². The molecule has 2 aromatic carbocycles. The Balaban J connectivity index is 1.96. The summed E-state index contributed by atoms with van der Waals surface area (Å²) < 4.78 is 77.3. The average molecular weight is 397 g/mol. The molecule has 0 heterocycles. The lowest BCUT2D eigenvalue weighted by atomic mass is 10.2. The van der Waals surface area contributed by atoms with E-state index in [0.717, 1.165) is 24.3 Å². The van der Waals surface area contributed by atoms with Gasteiger partial charge in [-0.15, -0.1) is 0 Å². The summed E-state index contributed by atoms with van der Waals surface area (Å²) in [7, 11) is 0. The summed E-state index contributed by atoms with van der Waals surface area (Å²) >= 11 is 5.79. The molecule has 0 saturated heterocycles. The lowest BCUT2D eigenvalue weighted by Crippen LogP contribution is -2.18. The van der Waals surface area contributed by atoms with E-state index in [1.54, 1.807) is 0 Å². The van der Waals surface area contributed by atoms with Crippen molar-refractivity contribution in [1.82, 2.24) is 0 Å². The van der Waals surface area contributed by atoms with E-state index in [1.165, 1.54) is 0 Å². The van der Waals surface area contributed by atoms with Gasteiger partial charge in [0, 0.05) is 13.0 Å². The number of nitrogens with one attached hydrogen (secondary N) is 2. The van der Waals surface area contributed by atoms with Crippen molar-refractivity contribution in [3.05, 3.63) is 58.4 Å². The van der Waals surface area contributed by atoms with E-state index >= 15 is 0 Å². The maximum absolute atomic E-state index is 13.4. The second kappa shape index (κ2) is 7.86. The monoisotopic (exact) mass is 396 g/mol. The van der Waals surface area contributed by atoms with Crippen molar-refractivity contribution < 1.29 is 31.1 Å². The Labute approximate surface area is 149 Å². The van der Waals surface area contributed by atoms with Crippen molar-refractivity contribution in [2.45, 2.75) is 12.6 Å². The first-order chi connectivity index (χ1) is 12.1. The molecule has 0 radical (unpaired) electrons. The van der Waals surface area contributed by atoms with E-state index in [1.807, 2.05) is 5.32 Å². The first-order valence-electron chi connectivity index (χ1n) is 7.13. The Morgan fingerprint density at radius 3 is 2.35 bits per heavy atom. The van der Waals surface area contributed by atoms with E-state index in [4.69, 9.17) is 11.6 Å². The van der Waals surface area contributed by atoms with Crippen molar-refractivity contribution in [2.75, 3.05) is 17.2 Å². The van der Waals surface area contributed by atoms with Crippen molar-refractivity contribution in [2.24, 2.45) is 0 Å². The molecule has 26 heavy (non-hydrogen) atoms. The third-order valence-electron chi connectivity index (χ3n) is 3.27. The molecule has 2 aromatic rings. The fraction of sp³-hybridized carbons (Fsp3) is 0.188. The molecule has 0 unspecified atom stereocenters. The number of carbonyl (C=O) groups excluding carboxylic acids is 1. The summed E-state index contributed by atoms with van der Waals surface area (Å²) in [5.74, 6) is -5.43. The topological polar surface area (TPSA) is 41.1 Å². The molecule has 0 aliphatic rings. The molecule has 0 bridgehead atoms.